The van der Waals surface area contributed by atoms with Crippen LogP contribution in [0, 0.1) is 0 Å². The number of benzene rings is 10. The third-order valence-electron chi connectivity index (χ3n) is 13.9. The first kappa shape index (κ1) is 35.2. The molecule has 16 aromatic rings. The number of para-hydroxylation sites is 4. The van der Waals surface area contributed by atoms with E-state index in [9.17, 15) is 0 Å². The predicted octanol–water partition coefficient (Wildman–Crippen LogP) is 17.3. The van der Waals surface area contributed by atoms with Crippen molar-refractivity contribution in [3.05, 3.63) is 206 Å². The number of hydrogen-bond acceptors (Lipinski definition) is 2. The molecule has 6 nitrogen and oxygen atoms in total. The van der Waals surface area contributed by atoms with Gasteiger partial charge in [0.1, 0.15) is 16.7 Å². The van der Waals surface area contributed by atoms with E-state index in [1.165, 1.54) is 63.8 Å². The molecule has 66 heavy (non-hydrogen) atoms. The van der Waals surface area contributed by atoms with Gasteiger partial charge in [-0.15, -0.1) is 0 Å². The van der Waals surface area contributed by atoms with Gasteiger partial charge in [-0.3, -0.25) is 0 Å². The second kappa shape index (κ2) is 12.8. The van der Waals surface area contributed by atoms with Crippen molar-refractivity contribution in [2.24, 2.45) is 0 Å². The molecule has 0 radical (unpaired) electrons. The zero-order chi connectivity index (χ0) is 42.8. The monoisotopic (exact) mass is 880 g/mol. The van der Waals surface area contributed by atoms with Crippen LogP contribution in [0.4, 0.5) is 0 Å². The van der Waals surface area contributed by atoms with Gasteiger partial charge >= 0.3 is 0 Å². The molecular formula is C58H34N4O2P2. The maximum absolute atomic E-state index is 7.67. The third-order valence-corrected chi connectivity index (χ3v) is 19.3. The molecular weight excluding hydrogens is 847 g/mol. The van der Waals surface area contributed by atoms with Crippen molar-refractivity contribution in [3.8, 4) is 22.7 Å². The lowest BCUT2D eigenvalue weighted by atomic mass is 10.1. The van der Waals surface area contributed by atoms with E-state index in [4.69, 9.17) is 8.83 Å². The van der Waals surface area contributed by atoms with Gasteiger partial charge in [-0.25, -0.2) is 0 Å². The van der Waals surface area contributed by atoms with Crippen molar-refractivity contribution in [1.82, 2.24) is 18.3 Å². The summed E-state index contributed by atoms with van der Waals surface area (Å²) in [6.07, 6.45) is 0. The highest BCUT2D eigenvalue weighted by Crippen LogP contribution is 2.60. The van der Waals surface area contributed by atoms with E-state index >= 15 is 0 Å². The molecule has 308 valence electrons. The van der Waals surface area contributed by atoms with Gasteiger partial charge in [0.15, 0.2) is 5.58 Å². The summed E-state index contributed by atoms with van der Waals surface area (Å²) < 4.78 is 24.8. The highest BCUT2D eigenvalue weighted by molar-refractivity contribution is 7.64. The standard InChI is InChI=1S/C58H34N4O2P2/c1-5-17-36(18-6-1)59-40-25-13-27-42-53(40)65-56-45(59)30-16-32-48(56)64-52-50-35(33-46(57(52)65)61(42)38-21-9-3-10-22-38)34-49-58-51(50)62(39-23-11-4-12-24-39)43-28-14-26-41-54(43)66(58)55-44(29-15-31-47(55)63-49)60(41)37-19-7-2-8-20-37/h1-34H. The average molecular weight is 881 g/mol. The second-order valence-corrected chi connectivity index (χ2v) is 21.4. The molecule has 0 fully saturated rings. The largest absolute Gasteiger partial charge is 0.455 e. The molecule has 6 heterocycles. The van der Waals surface area contributed by atoms with Crippen LogP contribution in [0.2, 0.25) is 0 Å². The Morgan fingerprint density at radius 3 is 1.18 bits per heavy atom. The first-order chi connectivity index (χ1) is 32.8. The molecule has 0 aliphatic rings. The summed E-state index contributed by atoms with van der Waals surface area (Å²) in [6.45, 7) is 0. The lowest BCUT2D eigenvalue weighted by molar-refractivity contribution is 0.663. The fourth-order valence-electron chi connectivity index (χ4n) is 11.5. The molecule has 0 saturated heterocycles. The molecule has 0 amide bonds. The van der Waals surface area contributed by atoms with Gasteiger partial charge in [0.05, 0.1) is 70.0 Å². The summed E-state index contributed by atoms with van der Waals surface area (Å²) in [5.41, 5.74) is 17.5. The van der Waals surface area contributed by atoms with E-state index in [0.29, 0.717) is 0 Å². The van der Waals surface area contributed by atoms with E-state index < -0.39 is 14.7 Å². The Balaban J connectivity index is 1.22. The zero-order valence-electron chi connectivity index (χ0n) is 35.1. The zero-order valence-corrected chi connectivity index (χ0v) is 36.9. The molecule has 2 atom stereocenters. The maximum Gasteiger partial charge on any atom is 0.151 e. The second-order valence-electron chi connectivity index (χ2n) is 17.3. The molecule has 0 aliphatic heterocycles. The molecule has 8 heteroatoms. The minimum Gasteiger partial charge on any atom is -0.455 e. The number of fused-ring (bicyclic) bond motifs is 3. The molecule has 0 saturated carbocycles. The Kier molecular flexibility index (Phi) is 6.82. The molecule has 16 rings (SSSR count). The van der Waals surface area contributed by atoms with Crippen LogP contribution in [-0.2, 0) is 0 Å². The molecule has 0 N–H and O–H groups in total. The highest BCUT2D eigenvalue weighted by atomic mass is 31.1. The van der Waals surface area contributed by atoms with Crippen molar-refractivity contribution in [1.29, 1.82) is 0 Å². The lowest BCUT2D eigenvalue weighted by Crippen LogP contribution is -2.06. The predicted molar refractivity (Wildman–Crippen MR) is 277 cm³/mol. The van der Waals surface area contributed by atoms with Gasteiger partial charge in [-0.2, -0.15) is 0 Å². The Hall–Kier alpha value is -8.14. The number of hydrogen-bond donors (Lipinski definition) is 0. The summed E-state index contributed by atoms with van der Waals surface area (Å²) in [5, 5.41) is 9.88. The average Bonchev–Trinajstić information content (AvgIpc) is 3.37. The van der Waals surface area contributed by atoms with Crippen molar-refractivity contribution in [2.75, 3.05) is 0 Å². The number of nitrogens with zero attached hydrogens (tertiary/aromatic N) is 4. The maximum atomic E-state index is 7.67. The van der Waals surface area contributed by atoms with Crippen LogP contribution in [0.3, 0.4) is 0 Å². The summed E-state index contributed by atoms with van der Waals surface area (Å²) in [6, 6.07) is 75.0. The summed E-state index contributed by atoms with van der Waals surface area (Å²) >= 11 is 0. The van der Waals surface area contributed by atoms with Crippen LogP contribution in [-0.4, -0.2) is 18.3 Å². The van der Waals surface area contributed by atoms with Crippen LogP contribution in [0.5, 0.6) is 0 Å². The van der Waals surface area contributed by atoms with Crippen molar-refractivity contribution >= 4 is 123 Å². The van der Waals surface area contributed by atoms with Crippen molar-refractivity contribution in [2.45, 2.75) is 0 Å². The topological polar surface area (TPSA) is 46.0 Å². The molecule has 2 unspecified atom stereocenters. The van der Waals surface area contributed by atoms with E-state index in [-0.39, 0.29) is 0 Å². The molecule has 0 aliphatic carbocycles. The third kappa shape index (κ3) is 4.38. The normalized spacial score (nSPS) is 13.1. The smallest absolute Gasteiger partial charge is 0.151 e. The fourth-order valence-corrected chi connectivity index (χ4v) is 17.4. The summed E-state index contributed by atoms with van der Waals surface area (Å²) in [5.74, 6) is 0. The van der Waals surface area contributed by atoms with Gasteiger partial charge in [0.25, 0.3) is 0 Å². The fraction of sp³-hybridized carbons (Fsp3) is 0. The van der Waals surface area contributed by atoms with Gasteiger partial charge in [0.2, 0.25) is 0 Å². The number of aromatic nitrogens is 4. The minimum atomic E-state index is -1.08. The Morgan fingerprint density at radius 1 is 0.288 bits per heavy atom. The summed E-state index contributed by atoms with van der Waals surface area (Å²) in [4.78, 5) is 0. The SMILES string of the molecule is c1ccc(-n2c3cccc4oc5c6c(cc7oc8cccc9c8p8c%10c(cccc%10n(-c%10ccccc%10)c6c78)n9-c6ccccc6)cc6c5p(c43)c3c2cccc3n6-c2ccccc2)cc1. The van der Waals surface area contributed by atoms with Gasteiger partial charge in [-0.05, 0) is 115 Å². The first-order valence-corrected chi connectivity index (χ1v) is 25.0. The van der Waals surface area contributed by atoms with Gasteiger partial charge in [-0.1, -0.05) is 112 Å². The van der Waals surface area contributed by atoms with Crippen molar-refractivity contribution < 1.29 is 8.83 Å². The Bertz CT molecular complexity index is 4670. The lowest BCUT2D eigenvalue weighted by Gasteiger charge is -2.27. The van der Waals surface area contributed by atoms with E-state index in [0.717, 1.165) is 66.9 Å². The number of rotatable bonds is 4. The van der Waals surface area contributed by atoms with Gasteiger partial charge in [0, 0.05) is 33.0 Å². The molecule has 0 bridgehead atoms. The van der Waals surface area contributed by atoms with E-state index in [1.54, 1.807) is 0 Å². The van der Waals surface area contributed by atoms with Crippen LogP contribution < -0.4 is 0 Å². The molecule has 0 spiro atoms. The molecule has 10 aromatic carbocycles. The van der Waals surface area contributed by atoms with Crippen LogP contribution in [0.1, 0.15) is 0 Å². The molecule has 6 aromatic heterocycles. The van der Waals surface area contributed by atoms with Crippen LogP contribution in [0.15, 0.2) is 215 Å². The Morgan fingerprint density at radius 2 is 0.682 bits per heavy atom. The van der Waals surface area contributed by atoms with Crippen LogP contribution in [0.25, 0.3) is 131 Å². The van der Waals surface area contributed by atoms with Crippen LogP contribution >= 0.6 is 14.7 Å². The quantitative estimate of drug-likeness (QED) is 0.131. The van der Waals surface area contributed by atoms with Crippen molar-refractivity contribution in [3.63, 3.8) is 0 Å². The minimum absolute atomic E-state index is 0.903. The Labute approximate surface area is 377 Å². The summed E-state index contributed by atoms with van der Waals surface area (Å²) in [7, 11) is -2.16. The first-order valence-electron chi connectivity index (χ1n) is 22.4. The van der Waals surface area contributed by atoms with E-state index in [2.05, 4.69) is 225 Å². The van der Waals surface area contributed by atoms with Gasteiger partial charge < -0.3 is 27.1 Å². The van der Waals surface area contributed by atoms with E-state index in [1.807, 2.05) is 0 Å². The highest BCUT2D eigenvalue weighted by Gasteiger charge is 2.30.